The zero-order chi connectivity index (χ0) is 12.7. The second-order valence-electron chi connectivity index (χ2n) is 3.18. The molecule has 0 saturated heterocycles. The number of carboxylic acids is 1. The van der Waals surface area contributed by atoms with Crippen molar-refractivity contribution >= 4 is 23.5 Å². The van der Waals surface area contributed by atoms with Crippen LogP contribution in [0.5, 0.6) is 0 Å². The van der Waals surface area contributed by atoms with Crippen molar-refractivity contribution in [2.45, 2.75) is 0 Å². The number of hydrogen-bond acceptors (Lipinski definition) is 3. The fraction of sp³-hybridized carbons (Fsp3) is 0.273. The maximum atomic E-state index is 11.6. The Hall–Kier alpha value is -1.59. The number of ether oxygens (including phenoxy) is 1. The van der Waals surface area contributed by atoms with Crippen LogP contribution in [0.15, 0.2) is 24.3 Å². The third kappa shape index (κ3) is 4.84. The Labute approximate surface area is 103 Å². The van der Waals surface area contributed by atoms with E-state index in [1.54, 1.807) is 24.3 Å². The highest BCUT2D eigenvalue weighted by molar-refractivity contribution is 6.33. The molecule has 0 saturated carbocycles. The molecule has 0 aliphatic heterocycles. The molecule has 0 radical (unpaired) electrons. The molecule has 92 valence electrons. The Bertz CT molecular complexity index is 408. The van der Waals surface area contributed by atoms with Crippen LogP contribution in [0.3, 0.4) is 0 Å². The van der Waals surface area contributed by atoms with Crippen LogP contribution in [0.1, 0.15) is 10.4 Å². The standard InChI is InChI=1S/C11H12ClNO4/c12-9-4-2-1-3-8(9)11(16)13-5-6-17-7-10(14)15/h1-4H,5-7H2,(H,13,16)(H,14,15). The molecule has 0 aliphatic rings. The van der Waals surface area contributed by atoms with Gasteiger partial charge in [-0.2, -0.15) is 0 Å². The molecule has 5 nitrogen and oxygen atoms in total. The summed E-state index contributed by atoms with van der Waals surface area (Å²) in [5.74, 6) is -1.35. The van der Waals surface area contributed by atoms with Gasteiger partial charge >= 0.3 is 5.97 Å². The van der Waals surface area contributed by atoms with E-state index in [4.69, 9.17) is 21.4 Å². The van der Waals surface area contributed by atoms with Crippen molar-refractivity contribution in [2.24, 2.45) is 0 Å². The maximum absolute atomic E-state index is 11.6. The number of carbonyl (C=O) groups is 2. The van der Waals surface area contributed by atoms with Crippen molar-refractivity contribution in [3.63, 3.8) is 0 Å². The Morgan fingerprint density at radius 1 is 1.35 bits per heavy atom. The number of nitrogens with one attached hydrogen (secondary N) is 1. The highest BCUT2D eigenvalue weighted by Gasteiger charge is 2.08. The van der Waals surface area contributed by atoms with Crippen LogP contribution in [0.4, 0.5) is 0 Å². The first-order valence-corrected chi connectivity index (χ1v) is 5.31. The fourth-order valence-electron chi connectivity index (χ4n) is 1.14. The third-order valence-corrected chi connectivity index (χ3v) is 2.21. The van der Waals surface area contributed by atoms with Crippen LogP contribution < -0.4 is 5.32 Å². The van der Waals surface area contributed by atoms with E-state index in [1.165, 1.54) is 0 Å². The lowest BCUT2D eigenvalue weighted by Crippen LogP contribution is -2.28. The van der Waals surface area contributed by atoms with Crippen LogP contribution in [0, 0.1) is 0 Å². The van der Waals surface area contributed by atoms with Gasteiger partial charge in [-0.05, 0) is 12.1 Å². The van der Waals surface area contributed by atoms with Crippen molar-refractivity contribution in [3.8, 4) is 0 Å². The highest BCUT2D eigenvalue weighted by Crippen LogP contribution is 2.14. The highest BCUT2D eigenvalue weighted by atomic mass is 35.5. The van der Waals surface area contributed by atoms with Crippen LogP contribution in [-0.4, -0.2) is 36.7 Å². The first-order valence-electron chi connectivity index (χ1n) is 4.93. The molecule has 0 bridgehead atoms. The average Bonchev–Trinajstić information content (AvgIpc) is 2.28. The SMILES string of the molecule is O=C(O)COCCNC(=O)c1ccccc1Cl. The van der Waals surface area contributed by atoms with Gasteiger partial charge in [0.05, 0.1) is 17.2 Å². The van der Waals surface area contributed by atoms with E-state index in [0.717, 1.165) is 0 Å². The summed E-state index contributed by atoms with van der Waals surface area (Å²) < 4.78 is 4.76. The summed E-state index contributed by atoms with van der Waals surface area (Å²) >= 11 is 5.83. The molecule has 2 N–H and O–H groups in total. The van der Waals surface area contributed by atoms with E-state index in [-0.39, 0.29) is 25.7 Å². The largest absolute Gasteiger partial charge is 0.480 e. The number of halogens is 1. The summed E-state index contributed by atoms with van der Waals surface area (Å²) in [7, 11) is 0. The van der Waals surface area contributed by atoms with Crippen molar-refractivity contribution in [1.29, 1.82) is 0 Å². The summed E-state index contributed by atoms with van der Waals surface area (Å²) in [6.07, 6.45) is 0. The predicted octanol–water partition coefficient (Wildman–Crippen LogP) is 1.17. The van der Waals surface area contributed by atoms with Gasteiger partial charge in [-0.3, -0.25) is 4.79 Å². The Morgan fingerprint density at radius 3 is 2.71 bits per heavy atom. The molecule has 0 fully saturated rings. The lowest BCUT2D eigenvalue weighted by Gasteiger charge is -2.06. The molecule has 0 spiro atoms. The topological polar surface area (TPSA) is 75.6 Å². The minimum atomic E-state index is -1.04. The third-order valence-electron chi connectivity index (χ3n) is 1.88. The monoisotopic (exact) mass is 257 g/mol. The number of carbonyl (C=O) groups excluding carboxylic acids is 1. The number of benzene rings is 1. The minimum Gasteiger partial charge on any atom is -0.480 e. The van der Waals surface area contributed by atoms with E-state index >= 15 is 0 Å². The maximum Gasteiger partial charge on any atom is 0.329 e. The van der Waals surface area contributed by atoms with E-state index in [0.29, 0.717) is 10.6 Å². The quantitative estimate of drug-likeness (QED) is 0.750. The fourth-order valence-corrected chi connectivity index (χ4v) is 1.36. The molecule has 1 amide bonds. The summed E-state index contributed by atoms with van der Waals surface area (Å²) in [6.45, 7) is 0.00178. The first kappa shape index (κ1) is 13.5. The lowest BCUT2D eigenvalue weighted by atomic mass is 10.2. The van der Waals surface area contributed by atoms with Crippen molar-refractivity contribution in [1.82, 2.24) is 5.32 Å². The van der Waals surface area contributed by atoms with Crippen LogP contribution >= 0.6 is 11.6 Å². The molecule has 0 heterocycles. The smallest absolute Gasteiger partial charge is 0.329 e. The molecule has 1 aromatic carbocycles. The van der Waals surface area contributed by atoms with Gasteiger partial charge in [0.15, 0.2) is 0 Å². The average molecular weight is 258 g/mol. The number of rotatable bonds is 6. The Balaban J connectivity index is 2.31. The zero-order valence-electron chi connectivity index (χ0n) is 8.98. The van der Waals surface area contributed by atoms with E-state index < -0.39 is 5.97 Å². The minimum absolute atomic E-state index is 0.141. The van der Waals surface area contributed by atoms with Crippen molar-refractivity contribution < 1.29 is 19.4 Å². The van der Waals surface area contributed by atoms with Gasteiger partial charge in [0.2, 0.25) is 0 Å². The molecule has 1 aromatic rings. The molecule has 6 heteroatoms. The summed E-state index contributed by atoms with van der Waals surface area (Å²) in [5, 5.41) is 11.3. The van der Waals surface area contributed by atoms with E-state index in [2.05, 4.69) is 5.32 Å². The van der Waals surface area contributed by atoms with Gasteiger partial charge < -0.3 is 15.2 Å². The van der Waals surface area contributed by atoms with Gasteiger partial charge in [-0.1, -0.05) is 23.7 Å². The number of aliphatic carboxylic acids is 1. The van der Waals surface area contributed by atoms with E-state index in [9.17, 15) is 9.59 Å². The number of amides is 1. The molecule has 0 aliphatic carbocycles. The molecule has 0 atom stereocenters. The molecule has 17 heavy (non-hydrogen) atoms. The van der Waals surface area contributed by atoms with Gasteiger partial charge in [0, 0.05) is 6.54 Å². The molecule has 1 rings (SSSR count). The zero-order valence-corrected chi connectivity index (χ0v) is 9.74. The van der Waals surface area contributed by atoms with Crippen molar-refractivity contribution in [3.05, 3.63) is 34.9 Å². The summed E-state index contributed by atoms with van der Waals surface area (Å²) in [4.78, 5) is 21.7. The number of hydrogen-bond donors (Lipinski definition) is 2. The predicted molar refractivity (Wildman–Crippen MR) is 62.2 cm³/mol. The molecule has 0 aromatic heterocycles. The Morgan fingerprint density at radius 2 is 2.06 bits per heavy atom. The van der Waals surface area contributed by atoms with Crippen LogP contribution in [-0.2, 0) is 9.53 Å². The second kappa shape index (κ2) is 6.88. The molecular formula is C11H12ClNO4. The molecular weight excluding hydrogens is 246 g/mol. The first-order chi connectivity index (χ1) is 8.11. The summed E-state index contributed by atoms with van der Waals surface area (Å²) in [5.41, 5.74) is 0.382. The normalized spacial score (nSPS) is 9.94. The van der Waals surface area contributed by atoms with Gasteiger partial charge in [0.1, 0.15) is 6.61 Å². The molecule has 0 unspecified atom stereocenters. The summed E-state index contributed by atoms with van der Waals surface area (Å²) in [6, 6.07) is 6.67. The lowest BCUT2D eigenvalue weighted by molar-refractivity contribution is -0.142. The Kier molecular flexibility index (Phi) is 5.45. The van der Waals surface area contributed by atoms with Crippen LogP contribution in [0.25, 0.3) is 0 Å². The number of carboxylic acid groups (broad SMARTS) is 1. The van der Waals surface area contributed by atoms with Gasteiger partial charge in [0.25, 0.3) is 5.91 Å². The second-order valence-corrected chi connectivity index (χ2v) is 3.59. The van der Waals surface area contributed by atoms with E-state index in [1.807, 2.05) is 0 Å². The van der Waals surface area contributed by atoms with Gasteiger partial charge in [-0.15, -0.1) is 0 Å². The van der Waals surface area contributed by atoms with Crippen molar-refractivity contribution in [2.75, 3.05) is 19.8 Å². The van der Waals surface area contributed by atoms with Gasteiger partial charge in [-0.25, -0.2) is 4.79 Å². The van der Waals surface area contributed by atoms with Crippen LogP contribution in [0.2, 0.25) is 5.02 Å².